The Labute approximate surface area is 206 Å². The fraction of sp³-hybridized carbons (Fsp3) is 0.464. The number of rotatable bonds is 6. The molecule has 3 N–H and O–H groups in total. The van der Waals surface area contributed by atoms with E-state index in [1.807, 2.05) is 45.0 Å². The van der Waals surface area contributed by atoms with E-state index in [-0.39, 0.29) is 18.4 Å². The molecule has 35 heavy (non-hydrogen) atoms. The molecule has 2 unspecified atom stereocenters. The molecule has 0 bridgehead atoms. The molecule has 0 aliphatic heterocycles. The molecule has 3 atom stereocenters. The molecule has 186 valence electrons. The third-order valence-electron chi connectivity index (χ3n) is 7.14. The van der Waals surface area contributed by atoms with Crippen LogP contribution in [0.4, 0.5) is 4.79 Å². The highest BCUT2D eigenvalue weighted by Crippen LogP contribution is 2.44. The SMILES string of the molecule is CC(C)(C)[C@@H](NC(=O)OCC1c2ccccc2-c2ccccc21)C(=O)NC1CCCCC1C(=O)O. The lowest BCUT2D eigenvalue weighted by Crippen LogP contribution is -2.57. The van der Waals surface area contributed by atoms with E-state index in [0.29, 0.717) is 12.8 Å². The van der Waals surface area contributed by atoms with Crippen molar-refractivity contribution in [1.29, 1.82) is 0 Å². The Hall–Kier alpha value is -3.35. The zero-order valence-corrected chi connectivity index (χ0v) is 20.5. The topological polar surface area (TPSA) is 105 Å². The first-order chi connectivity index (χ1) is 16.7. The van der Waals surface area contributed by atoms with Crippen molar-refractivity contribution in [3.8, 4) is 11.1 Å². The highest BCUT2D eigenvalue weighted by molar-refractivity contribution is 5.87. The number of nitrogens with one attached hydrogen (secondary N) is 2. The number of amides is 2. The number of carboxylic acid groups (broad SMARTS) is 1. The lowest BCUT2D eigenvalue weighted by Gasteiger charge is -2.34. The molecule has 2 aliphatic carbocycles. The number of benzene rings is 2. The van der Waals surface area contributed by atoms with Gasteiger partial charge in [0, 0.05) is 12.0 Å². The minimum Gasteiger partial charge on any atom is -0.481 e. The molecule has 7 heteroatoms. The summed E-state index contributed by atoms with van der Waals surface area (Å²) in [4.78, 5) is 37.7. The van der Waals surface area contributed by atoms with Crippen LogP contribution in [0.15, 0.2) is 48.5 Å². The largest absolute Gasteiger partial charge is 0.481 e. The fourth-order valence-corrected chi connectivity index (χ4v) is 5.30. The van der Waals surface area contributed by atoms with Gasteiger partial charge in [-0.25, -0.2) is 4.79 Å². The number of carboxylic acids is 1. The Balaban J connectivity index is 1.42. The van der Waals surface area contributed by atoms with E-state index in [4.69, 9.17) is 4.74 Å². The molecular weight excluding hydrogens is 444 g/mol. The lowest BCUT2D eigenvalue weighted by molar-refractivity contribution is -0.144. The highest BCUT2D eigenvalue weighted by Gasteiger charge is 2.38. The molecule has 0 saturated heterocycles. The zero-order valence-electron chi connectivity index (χ0n) is 20.5. The van der Waals surface area contributed by atoms with E-state index in [1.165, 1.54) is 0 Å². The van der Waals surface area contributed by atoms with Crippen LogP contribution in [0.3, 0.4) is 0 Å². The standard InChI is InChI=1S/C28H34N2O5/c1-28(2,3)24(25(31)29-23-15-9-8-14-21(23)26(32)33)30-27(34)35-16-22-19-12-6-4-10-17(19)18-11-5-7-13-20(18)22/h4-7,10-13,21-24H,8-9,14-16H2,1-3H3,(H,29,31)(H,30,34)(H,32,33)/t21?,23?,24-/m0/s1. The molecule has 2 aliphatic rings. The fourth-order valence-electron chi connectivity index (χ4n) is 5.30. The van der Waals surface area contributed by atoms with Gasteiger partial charge >= 0.3 is 12.1 Å². The number of ether oxygens (including phenoxy) is 1. The number of aliphatic carboxylic acids is 1. The van der Waals surface area contributed by atoms with Crippen LogP contribution >= 0.6 is 0 Å². The van der Waals surface area contributed by atoms with Gasteiger partial charge in [-0.3, -0.25) is 9.59 Å². The second-order valence-electron chi connectivity index (χ2n) is 10.6. The van der Waals surface area contributed by atoms with Crippen LogP contribution in [0.5, 0.6) is 0 Å². The molecule has 1 fully saturated rings. The molecule has 1 saturated carbocycles. The Morgan fingerprint density at radius 1 is 0.971 bits per heavy atom. The van der Waals surface area contributed by atoms with Crippen LogP contribution in [-0.4, -0.2) is 41.8 Å². The summed E-state index contributed by atoms with van der Waals surface area (Å²) in [5.41, 5.74) is 3.92. The van der Waals surface area contributed by atoms with Crippen molar-refractivity contribution in [2.75, 3.05) is 6.61 Å². The normalized spacial score (nSPS) is 20.3. The predicted molar refractivity (Wildman–Crippen MR) is 133 cm³/mol. The Bertz CT molecular complexity index is 1060. The number of carbonyl (C=O) groups is 3. The molecule has 2 aromatic rings. The minimum atomic E-state index is -0.896. The number of alkyl carbamates (subject to hydrolysis) is 1. The Morgan fingerprint density at radius 2 is 1.54 bits per heavy atom. The first kappa shape index (κ1) is 24.8. The molecule has 0 aromatic heterocycles. The van der Waals surface area contributed by atoms with Crippen LogP contribution in [-0.2, 0) is 14.3 Å². The summed E-state index contributed by atoms with van der Waals surface area (Å²) in [6, 6.07) is 14.9. The summed E-state index contributed by atoms with van der Waals surface area (Å²) in [5, 5.41) is 15.2. The van der Waals surface area contributed by atoms with E-state index in [2.05, 4.69) is 34.9 Å². The van der Waals surface area contributed by atoms with E-state index in [1.54, 1.807) is 0 Å². The van der Waals surface area contributed by atoms with Gasteiger partial charge in [-0.05, 0) is 40.5 Å². The summed E-state index contributed by atoms with van der Waals surface area (Å²) in [7, 11) is 0. The summed E-state index contributed by atoms with van der Waals surface area (Å²) in [6.45, 7) is 5.73. The van der Waals surface area contributed by atoms with Crippen molar-refractivity contribution in [3.63, 3.8) is 0 Å². The second kappa shape index (κ2) is 10.1. The van der Waals surface area contributed by atoms with E-state index in [0.717, 1.165) is 35.1 Å². The third kappa shape index (κ3) is 5.34. The van der Waals surface area contributed by atoms with Crippen molar-refractivity contribution in [2.24, 2.45) is 11.3 Å². The van der Waals surface area contributed by atoms with Crippen LogP contribution < -0.4 is 10.6 Å². The average Bonchev–Trinajstić information content (AvgIpc) is 3.14. The molecule has 7 nitrogen and oxygen atoms in total. The lowest BCUT2D eigenvalue weighted by atomic mass is 9.82. The maximum atomic E-state index is 13.2. The van der Waals surface area contributed by atoms with Gasteiger partial charge in [-0.15, -0.1) is 0 Å². The molecule has 2 amide bonds. The van der Waals surface area contributed by atoms with Gasteiger partial charge in [0.05, 0.1) is 5.92 Å². The van der Waals surface area contributed by atoms with Gasteiger partial charge in [0.1, 0.15) is 12.6 Å². The smallest absolute Gasteiger partial charge is 0.407 e. The van der Waals surface area contributed by atoms with Crippen molar-refractivity contribution in [2.45, 2.75) is 64.5 Å². The van der Waals surface area contributed by atoms with Gasteiger partial charge < -0.3 is 20.5 Å². The Kier molecular flexibility index (Phi) is 7.15. The van der Waals surface area contributed by atoms with Crippen molar-refractivity contribution < 1.29 is 24.2 Å². The first-order valence-electron chi connectivity index (χ1n) is 12.3. The summed E-state index contributed by atoms with van der Waals surface area (Å²) < 4.78 is 5.64. The van der Waals surface area contributed by atoms with Crippen LogP contribution in [0.2, 0.25) is 0 Å². The van der Waals surface area contributed by atoms with Crippen LogP contribution in [0.25, 0.3) is 11.1 Å². The van der Waals surface area contributed by atoms with Crippen LogP contribution in [0.1, 0.15) is 63.5 Å². The number of hydrogen-bond donors (Lipinski definition) is 3. The van der Waals surface area contributed by atoms with E-state index in [9.17, 15) is 19.5 Å². The predicted octanol–water partition coefficient (Wildman–Crippen LogP) is 4.70. The highest BCUT2D eigenvalue weighted by atomic mass is 16.5. The van der Waals surface area contributed by atoms with E-state index >= 15 is 0 Å². The number of hydrogen-bond acceptors (Lipinski definition) is 4. The summed E-state index contributed by atoms with van der Waals surface area (Å²) in [5.74, 6) is -1.97. The number of carbonyl (C=O) groups excluding carboxylic acids is 2. The third-order valence-corrected chi connectivity index (χ3v) is 7.14. The molecule has 0 heterocycles. The quantitative estimate of drug-likeness (QED) is 0.558. The monoisotopic (exact) mass is 478 g/mol. The minimum absolute atomic E-state index is 0.0753. The molecule has 0 spiro atoms. The number of fused-ring (bicyclic) bond motifs is 3. The Morgan fingerprint density at radius 3 is 2.11 bits per heavy atom. The van der Waals surface area contributed by atoms with Crippen molar-refractivity contribution >= 4 is 18.0 Å². The van der Waals surface area contributed by atoms with Gasteiger partial charge in [0.25, 0.3) is 0 Å². The molecule has 0 radical (unpaired) electrons. The summed E-state index contributed by atoms with van der Waals surface area (Å²) >= 11 is 0. The van der Waals surface area contributed by atoms with Gasteiger partial charge in [0.2, 0.25) is 5.91 Å². The maximum absolute atomic E-state index is 13.2. The first-order valence-corrected chi connectivity index (χ1v) is 12.3. The molecule has 2 aromatic carbocycles. The van der Waals surface area contributed by atoms with Gasteiger partial charge in [-0.2, -0.15) is 0 Å². The molecule has 4 rings (SSSR count). The van der Waals surface area contributed by atoms with Gasteiger partial charge in [0.15, 0.2) is 0 Å². The second-order valence-corrected chi connectivity index (χ2v) is 10.6. The summed E-state index contributed by atoms with van der Waals surface area (Å²) in [6.07, 6.45) is 2.20. The average molecular weight is 479 g/mol. The zero-order chi connectivity index (χ0) is 25.2. The van der Waals surface area contributed by atoms with Crippen molar-refractivity contribution in [3.05, 3.63) is 59.7 Å². The van der Waals surface area contributed by atoms with E-state index < -0.39 is 35.5 Å². The van der Waals surface area contributed by atoms with Gasteiger partial charge in [-0.1, -0.05) is 82.1 Å². The molecular formula is C28H34N2O5. The maximum Gasteiger partial charge on any atom is 0.407 e. The van der Waals surface area contributed by atoms with Crippen LogP contribution in [0, 0.1) is 11.3 Å². The van der Waals surface area contributed by atoms with Crippen molar-refractivity contribution in [1.82, 2.24) is 10.6 Å².